The zero-order valence-electron chi connectivity index (χ0n) is 8.11. The molecular weight excluding hydrogens is 202 g/mol. The lowest BCUT2D eigenvalue weighted by Crippen LogP contribution is -2.08. The van der Waals surface area contributed by atoms with Gasteiger partial charge in [-0.2, -0.15) is 0 Å². The zero-order chi connectivity index (χ0) is 11.3. The van der Waals surface area contributed by atoms with Crippen molar-refractivity contribution in [2.75, 3.05) is 0 Å². The third-order valence-corrected chi connectivity index (χ3v) is 1.74. The smallest absolute Gasteiger partial charge is 0.303 e. The number of halogens is 2. The van der Waals surface area contributed by atoms with Crippen LogP contribution < -0.4 is 0 Å². The van der Waals surface area contributed by atoms with E-state index in [0.717, 1.165) is 6.92 Å². The highest BCUT2D eigenvalue weighted by atomic mass is 19.2. The highest BCUT2D eigenvalue weighted by Gasteiger charge is 2.19. The molecular formula is C11H10F2O2. The van der Waals surface area contributed by atoms with Crippen LogP contribution in [0.2, 0.25) is 0 Å². The minimum absolute atomic E-state index is 0.208. The summed E-state index contributed by atoms with van der Waals surface area (Å²) >= 11 is 0. The van der Waals surface area contributed by atoms with E-state index in [9.17, 15) is 13.6 Å². The fourth-order valence-electron chi connectivity index (χ4n) is 1.13. The zero-order valence-corrected chi connectivity index (χ0v) is 8.11. The summed E-state index contributed by atoms with van der Waals surface area (Å²) in [6.07, 6.45) is -1.51. The third kappa shape index (κ3) is 3.16. The number of ether oxygens (including phenoxy) is 1. The maximum absolute atomic E-state index is 13.1. The van der Waals surface area contributed by atoms with Crippen LogP contribution in [0.25, 0.3) is 0 Å². The number of rotatable bonds is 3. The topological polar surface area (TPSA) is 26.3 Å². The summed E-state index contributed by atoms with van der Waals surface area (Å²) in [6, 6.07) is 8.13. The summed E-state index contributed by atoms with van der Waals surface area (Å²) in [4.78, 5) is 10.7. The van der Waals surface area contributed by atoms with Gasteiger partial charge in [-0.25, -0.2) is 8.78 Å². The lowest BCUT2D eigenvalue weighted by molar-refractivity contribution is -0.145. The lowest BCUT2D eigenvalue weighted by atomic mass is 10.1. The SMILES string of the molecule is CC(=O)O[C@@H](/C(F)=C/F)c1ccccc1. The normalized spacial score (nSPS) is 13.4. The lowest BCUT2D eigenvalue weighted by Gasteiger charge is -2.14. The van der Waals surface area contributed by atoms with Crippen molar-refractivity contribution in [3.05, 3.63) is 48.1 Å². The van der Waals surface area contributed by atoms with E-state index < -0.39 is 17.9 Å². The molecule has 4 heteroatoms. The quantitative estimate of drug-likeness (QED) is 0.720. The Morgan fingerprint density at radius 1 is 1.40 bits per heavy atom. The molecule has 0 aliphatic heterocycles. The van der Waals surface area contributed by atoms with Crippen molar-refractivity contribution in [3.63, 3.8) is 0 Å². The Balaban J connectivity index is 2.96. The van der Waals surface area contributed by atoms with Gasteiger partial charge in [0.25, 0.3) is 0 Å². The molecule has 0 spiro atoms. The van der Waals surface area contributed by atoms with E-state index in [1.807, 2.05) is 0 Å². The summed E-state index contributed by atoms with van der Waals surface area (Å²) < 4.78 is 29.8. The molecule has 1 aromatic rings. The van der Waals surface area contributed by atoms with Crippen molar-refractivity contribution in [3.8, 4) is 0 Å². The van der Waals surface area contributed by atoms with Crippen LogP contribution >= 0.6 is 0 Å². The molecule has 80 valence electrons. The first-order valence-corrected chi connectivity index (χ1v) is 4.33. The molecule has 0 fully saturated rings. The number of hydrogen-bond donors (Lipinski definition) is 0. The van der Waals surface area contributed by atoms with E-state index in [2.05, 4.69) is 4.74 Å². The summed E-state index contributed by atoms with van der Waals surface area (Å²) in [7, 11) is 0. The van der Waals surface area contributed by atoms with E-state index in [-0.39, 0.29) is 6.33 Å². The van der Waals surface area contributed by atoms with Gasteiger partial charge in [0.2, 0.25) is 0 Å². The van der Waals surface area contributed by atoms with E-state index in [1.165, 1.54) is 0 Å². The van der Waals surface area contributed by atoms with Gasteiger partial charge in [-0.1, -0.05) is 30.3 Å². The van der Waals surface area contributed by atoms with Crippen LogP contribution in [0.1, 0.15) is 18.6 Å². The Labute approximate surface area is 86.2 Å². The van der Waals surface area contributed by atoms with E-state index in [1.54, 1.807) is 30.3 Å². The number of carbonyl (C=O) groups excluding carboxylic acids is 1. The van der Waals surface area contributed by atoms with Crippen molar-refractivity contribution < 1.29 is 18.3 Å². The van der Waals surface area contributed by atoms with Gasteiger partial charge in [0.05, 0.1) is 0 Å². The maximum Gasteiger partial charge on any atom is 0.303 e. The van der Waals surface area contributed by atoms with Gasteiger partial charge in [0.1, 0.15) is 6.33 Å². The van der Waals surface area contributed by atoms with Crippen molar-refractivity contribution in [2.24, 2.45) is 0 Å². The Bertz CT molecular complexity index is 360. The minimum Gasteiger partial charge on any atom is -0.450 e. The second-order valence-corrected chi connectivity index (χ2v) is 2.89. The van der Waals surface area contributed by atoms with Gasteiger partial charge >= 0.3 is 5.97 Å². The number of hydrogen-bond acceptors (Lipinski definition) is 2. The van der Waals surface area contributed by atoms with E-state index in [0.29, 0.717) is 5.56 Å². The molecule has 0 aliphatic carbocycles. The molecule has 0 bridgehead atoms. The molecule has 0 amide bonds. The highest BCUT2D eigenvalue weighted by molar-refractivity contribution is 5.66. The first kappa shape index (κ1) is 11.4. The first-order valence-electron chi connectivity index (χ1n) is 4.33. The van der Waals surface area contributed by atoms with Crippen molar-refractivity contribution in [1.82, 2.24) is 0 Å². The standard InChI is InChI=1S/C11H10F2O2/c1-8(14)15-11(10(13)7-12)9-5-3-2-4-6-9/h2-7,11H,1H3/b10-7-/t11-/m1/s1. The number of esters is 1. The molecule has 0 N–H and O–H groups in total. The first-order chi connectivity index (χ1) is 7.15. The van der Waals surface area contributed by atoms with Crippen molar-refractivity contribution in [1.29, 1.82) is 0 Å². The van der Waals surface area contributed by atoms with Crippen LogP contribution in [-0.4, -0.2) is 5.97 Å². The average molecular weight is 212 g/mol. The Morgan fingerprint density at radius 3 is 2.47 bits per heavy atom. The largest absolute Gasteiger partial charge is 0.450 e. The van der Waals surface area contributed by atoms with E-state index >= 15 is 0 Å². The molecule has 0 heterocycles. The Hall–Kier alpha value is -1.71. The molecule has 15 heavy (non-hydrogen) atoms. The molecule has 0 saturated carbocycles. The molecule has 1 atom stereocenters. The van der Waals surface area contributed by atoms with E-state index in [4.69, 9.17) is 0 Å². The minimum atomic E-state index is -1.30. The van der Waals surface area contributed by atoms with Crippen molar-refractivity contribution in [2.45, 2.75) is 13.0 Å². The molecule has 2 nitrogen and oxygen atoms in total. The van der Waals surface area contributed by atoms with Crippen LogP contribution in [0.5, 0.6) is 0 Å². The predicted octanol–water partition coefficient (Wildman–Crippen LogP) is 3.07. The number of benzene rings is 1. The summed E-state index contributed by atoms with van der Waals surface area (Å²) in [5.74, 6) is -1.79. The summed E-state index contributed by atoms with van der Waals surface area (Å²) in [5.41, 5.74) is 0.388. The average Bonchev–Trinajstić information content (AvgIpc) is 2.26. The second kappa shape index (κ2) is 5.24. The van der Waals surface area contributed by atoms with Gasteiger partial charge in [-0.3, -0.25) is 4.79 Å². The van der Waals surface area contributed by atoms with Crippen LogP contribution in [0.4, 0.5) is 8.78 Å². The molecule has 1 aromatic carbocycles. The van der Waals surface area contributed by atoms with Gasteiger partial charge in [0, 0.05) is 6.92 Å². The van der Waals surface area contributed by atoms with Crippen molar-refractivity contribution >= 4 is 5.97 Å². The Kier molecular flexibility index (Phi) is 3.97. The van der Waals surface area contributed by atoms with Gasteiger partial charge in [-0.15, -0.1) is 0 Å². The van der Waals surface area contributed by atoms with Crippen LogP contribution in [0.3, 0.4) is 0 Å². The summed E-state index contributed by atoms with van der Waals surface area (Å²) in [5, 5.41) is 0. The van der Waals surface area contributed by atoms with Crippen LogP contribution in [0, 0.1) is 0 Å². The molecule has 1 rings (SSSR count). The highest BCUT2D eigenvalue weighted by Crippen LogP contribution is 2.26. The van der Waals surface area contributed by atoms with Gasteiger partial charge in [0.15, 0.2) is 11.9 Å². The Morgan fingerprint density at radius 2 is 2.00 bits per heavy atom. The fourth-order valence-corrected chi connectivity index (χ4v) is 1.13. The molecule has 0 aliphatic rings. The maximum atomic E-state index is 13.1. The summed E-state index contributed by atoms with van der Waals surface area (Å²) in [6.45, 7) is 1.14. The van der Waals surface area contributed by atoms with Gasteiger partial charge in [-0.05, 0) is 5.56 Å². The monoisotopic (exact) mass is 212 g/mol. The molecule has 0 saturated heterocycles. The van der Waals surface area contributed by atoms with Crippen LogP contribution in [0.15, 0.2) is 42.5 Å². The van der Waals surface area contributed by atoms with Gasteiger partial charge < -0.3 is 4.74 Å². The fraction of sp³-hybridized carbons (Fsp3) is 0.182. The third-order valence-electron chi connectivity index (χ3n) is 1.74. The second-order valence-electron chi connectivity index (χ2n) is 2.89. The predicted molar refractivity (Wildman–Crippen MR) is 51.2 cm³/mol. The molecule has 0 aromatic heterocycles. The molecule has 0 radical (unpaired) electrons. The number of carbonyl (C=O) groups is 1. The molecule has 0 unspecified atom stereocenters. The van der Waals surface area contributed by atoms with Crippen LogP contribution in [-0.2, 0) is 9.53 Å².